The topological polar surface area (TPSA) is 39.1 Å². The zero-order valence-corrected chi connectivity index (χ0v) is 15.3. The minimum absolute atomic E-state index is 0.708. The molecular weight excluding hydrogens is 310 g/mol. The van der Waals surface area contributed by atoms with Gasteiger partial charge in [0.15, 0.2) is 0 Å². The Bertz CT molecular complexity index is 823. The van der Waals surface area contributed by atoms with Gasteiger partial charge in [0.2, 0.25) is 0 Å². The first-order chi connectivity index (χ1) is 12.2. The summed E-state index contributed by atoms with van der Waals surface area (Å²) in [6, 6.07) is 16.5. The lowest BCUT2D eigenvalue weighted by molar-refractivity contribution is 0.408. The van der Waals surface area contributed by atoms with Crippen molar-refractivity contribution in [3.05, 3.63) is 59.9 Å². The minimum atomic E-state index is 0.708. The standard InChI is InChI=1S/C21H27N3O/c1-16(2)12-13-22-14-21-23-18-9-5-6-10-19(18)24(21)15-17-8-4-7-11-20(17)25-3/h4-11,16,22H,12-15H2,1-3H3. The summed E-state index contributed by atoms with van der Waals surface area (Å²) in [6.45, 7) is 7.04. The first-order valence-electron chi connectivity index (χ1n) is 8.95. The predicted octanol–water partition coefficient (Wildman–Crippen LogP) is 4.23. The lowest BCUT2D eigenvalue weighted by atomic mass is 10.1. The number of methoxy groups -OCH3 is 1. The first kappa shape index (κ1) is 17.5. The van der Waals surface area contributed by atoms with E-state index in [9.17, 15) is 0 Å². The summed E-state index contributed by atoms with van der Waals surface area (Å²) in [4.78, 5) is 4.84. The number of hydrogen-bond donors (Lipinski definition) is 1. The fraction of sp³-hybridized carbons (Fsp3) is 0.381. The van der Waals surface area contributed by atoms with Gasteiger partial charge in [-0.05, 0) is 37.1 Å². The number of imidazole rings is 1. The van der Waals surface area contributed by atoms with Gasteiger partial charge in [0.05, 0.1) is 31.2 Å². The van der Waals surface area contributed by atoms with Crippen molar-refractivity contribution in [1.82, 2.24) is 14.9 Å². The SMILES string of the molecule is COc1ccccc1Cn1c(CNCCC(C)C)nc2ccccc21. The van der Waals surface area contributed by atoms with Crippen LogP contribution in [0.3, 0.4) is 0 Å². The quantitative estimate of drug-likeness (QED) is 0.625. The molecule has 3 rings (SSSR count). The summed E-state index contributed by atoms with van der Waals surface area (Å²) in [6.07, 6.45) is 1.17. The van der Waals surface area contributed by atoms with Gasteiger partial charge in [-0.15, -0.1) is 0 Å². The number of rotatable bonds is 8. The summed E-state index contributed by atoms with van der Waals surface area (Å²) in [5.41, 5.74) is 3.36. The van der Waals surface area contributed by atoms with E-state index in [0.717, 1.165) is 47.8 Å². The van der Waals surface area contributed by atoms with E-state index in [1.165, 1.54) is 6.42 Å². The summed E-state index contributed by atoms with van der Waals surface area (Å²) >= 11 is 0. The monoisotopic (exact) mass is 337 g/mol. The molecule has 0 spiro atoms. The zero-order valence-electron chi connectivity index (χ0n) is 15.3. The molecule has 0 aliphatic rings. The van der Waals surface area contributed by atoms with Crippen LogP contribution in [0.5, 0.6) is 5.75 Å². The lowest BCUT2D eigenvalue weighted by Crippen LogP contribution is -2.19. The summed E-state index contributed by atoms with van der Waals surface area (Å²) in [5.74, 6) is 2.69. The second-order valence-electron chi connectivity index (χ2n) is 6.77. The molecule has 1 heterocycles. The van der Waals surface area contributed by atoms with E-state index in [1.807, 2.05) is 18.2 Å². The van der Waals surface area contributed by atoms with Gasteiger partial charge in [0.25, 0.3) is 0 Å². The Kier molecular flexibility index (Phi) is 5.71. The minimum Gasteiger partial charge on any atom is -0.496 e. The summed E-state index contributed by atoms with van der Waals surface area (Å²) in [5, 5.41) is 3.53. The molecule has 1 aromatic heterocycles. The van der Waals surface area contributed by atoms with Crippen LogP contribution >= 0.6 is 0 Å². The van der Waals surface area contributed by atoms with Gasteiger partial charge in [-0.25, -0.2) is 4.98 Å². The van der Waals surface area contributed by atoms with Crippen molar-refractivity contribution < 1.29 is 4.74 Å². The molecule has 0 bridgehead atoms. The molecule has 0 fully saturated rings. The Morgan fingerprint density at radius 2 is 1.84 bits per heavy atom. The normalized spacial score (nSPS) is 11.4. The Balaban J connectivity index is 1.88. The van der Waals surface area contributed by atoms with E-state index in [2.05, 4.69) is 54.1 Å². The van der Waals surface area contributed by atoms with Gasteiger partial charge in [0, 0.05) is 5.56 Å². The Hall–Kier alpha value is -2.33. The number of nitrogens with zero attached hydrogens (tertiary/aromatic N) is 2. The predicted molar refractivity (Wildman–Crippen MR) is 103 cm³/mol. The third kappa shape index (κ3) is 4.20. The smallest absolute Gasteiger partial charge is 0.124 e. The van der Waals surface area contributed by atoms with Gasteiger partial charge >= 0.3 is 0 Å². The molecule has 0 saturated carbocycles. The number of fused-ring (bicyclic) bond motifs is 1. The van der Waals surface area contributed by atoms with Crippen molar-refractivity contribution in [2.24, 2.45) is 5.92 Å². The highest BCUT2D eigenvalue weighted by atomic mass is 16.5. The van der Waals surface area contributed by atoms with Crippen molar-refractivity contribution in [3.8, 4) is 5.75 Å². The van der Waals surface area contributed by atoms with E-state index in [1.54, 1.807) is 7.11 Å². The largest absolute Gasteiger partial charge is 0.496 e. The van der Waals surface area contributed by atoms with E-state index in [4.69, 9.17) is 9.72 Å². The maximum Gasteiger partial charge on any atom is 0.124 e. The van der Waals surface area contributed by atoms with Gasteiger partial charge in [0.1, 0.15) is 11.6 Å². The lowest BCUT2D eigenvalue weighted by Gasteiger charge is -2.13. The maximum atomic E-state index is 5.52. The van der Waals surface area contributed by atoms with E-state index in [-0.39, 0.29) is 0 Å². The molecule has 0 unspecified atom stereocenters. The highest BCUT2D eigenvalue weighted by molar-refractivity contribution is 5.76. The highest BCUT2D eigenvalue weighted by Crippen LogP contribution is 2.23. The van der Waals surface area contributed by atoms with Crippen molar-refractivity contribution in [2.75, 3.05) is 13.7 Å². The second kappa shape index (κ2) is 8.17. The third-order valence-corrected chi connectivity index (χ3v) is 4.44. The number of nitrogens with one attached hydrogen (secondary N) is 1. The van der Waals surface area contributed by atoms with Crippen LogP contribution in [0, 0.1) is 5.92 Å². The molecule has 0 atom stereocenters. The molecule has 3 aromatic rings. The van der Waals surface area contributed by atoms with Crippen LogP contribution in [-0.4, -0.2) is 23.2 Å². The van der Waals surface area contributed by atoms with Crippen molar-refractivity contribution >= 4 is 11.0 Å². The number of ether oxygens (including phenoxy) is 1. The van der Waals surface area contributed by atoms with Gasteiger partial charge < -0.3 is 14.6 Å². The van der Waals surface area contributed by atoms with Crippen molar-refractivity contribution in [2.45, 2.75) is 33.4 Å². The van der Waals surface area contributed by atoms with Crippen LogP contribution in [0.4, 0.5) is 0 Å². The fourth-order valence-corrected chi connectivity index (χ4v) is 3.03. The molecule has 132 valence electrons. The molecule has 2 aromatic carbocycles. The molecule has 25 heavy (non-hydrogen) atoms. The summed E-state index contributed by atoms with van der Waals surface area (Å²) < 4.78 is 7.81. The Labute approximate surface area is 149 Å². The number of benzene rings is 2. The molecule has 0 aliphatic carbocycles. The zero-order chi connectivity index (χ0) is 17.6. The Morgan fingerprint density at radius 1 is 1.08 bits per heavy atom. The van der Waals surface area contributed by atoms with Gasteiger partial charge in [-0.2, -0.15) is 0 Å². The molecule has 0 aliphatic heterocycles. The average molecular weight is 337 g/mol. The van der Waals surface area contributed by atoms with E-state index >= 15 is 0 Å². The van der Waals surface area contributed by atoms with Crippen LogP contribution in [0.15, 0.2) is 48.5 Å². The number of para-hydroxylation sites is 3. The number of hydrogen-bond acceptors (Lipinski definition) is 3. The van der Waals surface area contributed by atoms with Gasteiger partial charge in [-0.1, -0.05) is 44.2 Å². The van der Waals surface area contributed by atoms with Crippen LogP contribution in [0.2, 0.25) is 0 Å². The van der Waals surface area contributed by atoms with Crippen LogP contribution in [0.1, 0.15) is 31.7 Å². The summed E-state index contributed by atoms with van der Waals surface area (Å²) in [7, 11) is 1.72. The van der Waals surface area contributed by atoms with Crippen LogP contribution in [0.25, 0.3) is 11.0 Å². The van der Waals surface area contributed by atoms with Crippen molar-refractivity contribution in [1.29, 1.82) is 0 Å². The highest BCUT2D eigenvalue weighted by Gasteiger charge is 2.12. The first-order valence-corrected chi connectivity index (χ1v) is 8.95. The molecule has 4 heteroatoms. The number of aromatic nitrogens is 2. The molecule has 0 radical (unpaired) electrons. The maximum absolute atomic E-state index is 5.52. The van der Waals surface area contributed by atoms with Crippen LogP contribution < -0.4 is 10.1 Å². The molecule has 1 N–H and O–H groups in total. The van der Waals surface area contributed by atoms with Crippen LogP contribution in [-0.2, 0) is 13.1 Å². The average Bonchev–Trinajstić information content (AvgIpc) is 2.97. The fourth-order valence-electron chi connectivity index (χ4n) is 3.03. The molecule has 0 amide bonds. The molecule has 0 saturated heterocycles. The molecule has 4 nitrogen and oxygen atoms in total. The second-order valence-corrected chi connectivity index (χ2v) is 6.77. The van der Waals surface area contributed by atoms with E-state index < -0.39 is 0 Å². The molecular formula is C21H27N3O. The Morgan fingerprint density at radius 3 is 2.64 bits per heavy atom. The third-order valence-electron chi connectivity index (χ3n) is 4.44. The van der Waals surface area contributed by atoms with E-state index in [0.29, 0.717) is 5.92 Å². The van der Waals surface area contributed by atoms with Crippen molar-refractivity contribution in [3.63, 3.8) is 0 Å². The van der Waals surface area contributed by atoms with Gasteiger partial charge in [-0.3, -0.25) is 0 Å².